The lowest BCUT2D eigenvalue weighted by molar-refractivity contribution is -0.114. The average Bonchev–Trinajstić information content (AvgIpc) is 3.62. The van der Waals surface area contributed by atoms with E-state index in [-0.39, 0.29) is 11.7 Å². The van der Waals surface area contributed by atoms with Crippen LogP contribution >= 0.6 is 23.8 Å². The molecule has 2 N–H and O–H groups in total. The van der Waals surface area contributed by atoms with Crippen molar-refractivity contribution in [2.45, 2.75) is 45.0 Å². The van der Waals surface area contributed by atoms with Gasteiger partial charge in [-0.3, -0.25) is 9.36 Å². The van der Waals surface area contributed by atoms with Crippen molar-refractivity contribution in [1.29, 1.82) is 0 Å². The number of allylic oxidation sites excluding steroid dienone is 2. The lowest BCUT2D eigenvalue weighted by Crippen LogP contribution is -2.35. The largest absolute Gasteiger partial charge is 0.489 e. The molecule has 12 heteroatoms. The Balaban J connectivity index is 1.27. The van der Waals surface area contributed by atoms with Gasteiger partial charge in [-0.2, -0.15) is 0 Å². The van der Waals surface area contributed by atoms with Crippen LogP contribution in [0, 0.1) is 6.92 Å². The fourth-order valence-electron chi connectivity index (χ4n) is 5.37. The Kier molecular flexibility index (Phi) is 8.15. The predicted octanol–water partition coefficient (Wildman–Crippen LogP) is 5.30. The number of carbonyl (C=O) groups is 1. The molecule has 43 heavy (non-hydrogen) atoms. The third-order valence-electron chi connectivity index (χ3n) is 7.74. The average molecular weight is 619 g/mol. The monoisotopic (exact) mass is 618 g/mol. The van der Waals surface area contributed by atoms with Gasteiger partial charge in [-0.15, -0.1) is 10.2 Å². The van der Waals surface area contributed by atoms with Gasteiger partial charge in [-0.05, 0) is 63.2 Å². The van der Waals surface area contributed by atoms with Crippen molar-refractivity contribution in [1.82, 2.24) is 24.6 Å². The molecular formula is C31H31ClN6O4S. The number of fused-ring (bicyclic) bond motifs is 1. The molecule has 0 radical (unpaired) electrons. The van der Waals surface area contributed by atoms with Gasteiger partial charge in [0.2, 0.25) is 17.7 Å². The van der Waals surface area contributed by atoms with E-state index in [9.17, 15) is 4.79 Å². The van der Waals surface area contributed by atoms with Gasteiger partial charge < -0.3 is 24.5 Å². The Morgan fingerprint density at radius 3 is 2.72 bits per heavy atom. The summed E-state index contributed by atoms with van der Waals surface area (Å²) in [6, 6.07) is 11.3. The molecule has 1 aliphatic carbocycles. The number of carbonyl (C=O) groups excluding carboxylic acids is 1. The number of ether oxygens (including phenoxy) is 2. The minimum atomic E-state index is -0.722. The molecule has 1 unspecified atom stereocenters. The normalized spacial score (nSPS) is 18.9. The van der Waals surface area contributed by atoms with E-state index in [0.717, 1.165) is 42.6 Å². The standard InChI is InChI=1S/C31H31ClN6O4S/c1-17(22-5-4-6-26(28(22)32)42-21-9-11-37(3)12-10-21)40-27-15-20(14-23(29(27)43)30(33)39)38-16-34-24-13-19(7-8-25(24)38)31-36-35-18(2)41-31/h4-8,13-17,21,27H,9-12H2,1-3H3,(H2,33,39)/t17-,27?/m1/s1. The molecule has 1 fully saturated rings. The highest BCUT2D eigenvalue weighted by Gasteiger charge is 2.29. The summed E-state index contributed by atoms with van der Waals surface area (Å²) in [6.07, 6.45) is 5.98. The lowest BCUT2D eigenvalue weighted by atomic mass is 9.98. The number of imidazole rings is 1. The van der Waals surface area contributed by atoms with Crippen molar-refractivity contribution in [3.63, 3.8) is 0 Å². The second-order valence-corrected chi connectivity index (χ2v) is 11.6. The molecule has 2 aromatic carbocycles. The van der Waals surface area contributed by atoms with Gasteiger partial charge in [0.05, 0.1) is 32.6 Å². The Morgan fingerprint density at radius 2 is 2.00 bits per heavy atom. The number of benzene rings is 2. The van der Waals surface area contributed by atoms with Gasteiger partial charge in [-0.25, -0.2) is 4.98 Å². The Hall–Kier alpha value is -3.90. The summed E-state index contributed by atoms with van der Waals surface area (Å²) in [5.41, 5.74) is 9.62. The fraction of sp³-hybridized carbons (Fsp3) is 0.323. The summed E-state index contributed by atoms with van der Waals surface area (Å²) in [7, 11) is 2.11. The third-order valence-corrected chi connectivity index (χ3v) is 8.60. The van der Waals surface area contributed by atoms with Crippen LogP contribution in [-0.2, 0) is 9.53 Å². The SMILES string of the molecule is Cc1nnc(-c2ccc3c(c2)ncn3C2=CC(O[C@H](C)c3cccc(OC4CCN(C)CC4)c3Cl)C(=S)C(C(N)=O)=C2)o1. The number of piperidine rings is 1. The van der Waals surface area contributed by atoms with Crippen molar-refractivity contribution < 1.29 is 18.7 Å². The minimum absolute atomic E-state index is 0.108. The van der Waals surface area contributed by atoms with E-state index >= 15 is 0 Å². The van der Waals surface area contributed by atoms with Crippen LogP contribution in [0.5, 0.6) is 5.75 Å². The number of nitrogens with zero attached hydrogens (tertiary/aromatic N) is 5. The van der Waals surface area contributed by atoms with Gasteiger partial charge in [0.25, 0.3) is 0 Å². The number of halogens is 1. The van der Waals surface area contributed by atoms with E-state index in [1.165, 1.54) is 0 Å². The molecule has 2 atom stereocenters. The number of aromatic nitrogens is 4. The molecule has 222 valence electrons. The topological polar surface area (TPSA) is 122 Å². The number of hydrogen-bond acceptors (Lipinski definition) is 9. The quantitative estimate of drug-likeness (QED) is 0.262. The number of aryl methyl sites for hydroxylation is 1. The molecule has 0 spiro atoms. The maximum atomic E-state index is 12.5. The van der Waals surface area contributed by atoms with Crippen LogP contribution in [0.1, 0.15) is 37.3 Å². The zero-order valence-corrected chi connectivity index (χ0v) is 25.6. The highest BCUT2D eigenvalue weighted by molar-refractivity contribution is 7.81. The molecule has 1 aliphatic heterocycles. The second kappa shape index (κ2) is 12.0. The first kappa shape index (κ1) is 29.2. The Labute approximate surface area is 259 Å². The number of hydrogen-bond donors (Lipinski definition) is 1. The molecule has 0 bridgehead atoms. The molecule has 2 aliphatic rings. The van der Waals surface area contributed by atoms with E-state index < -0.39 is 18.1 Å². The minimum Gasteiger partial charge on any atom is -0.489 e. The second-order valence-electron chi connectivity index (χ2n) is 10.8. The first-order chi connectivity index (χ1) is 20.7. The number of primary amides is 1. The number of amides is 1. The van der Waals surface area contributed by atoms with Gasteiger partial charge in [0.1, 0.15) is 24.3 Å². The molecule has 0 saturated carbocycles. The number of rotatable bonds is 8. The van der Waals surface area contributed by atoms with Crippen LogP contribution in [0.4, 0.5) is 0 Å². The molecule has 3 heterocycles. The van der Waals surface area contributed by atoms with Crippen molar-refractivity contribution >= 4 is 51.3 Å². The summed E-state index contributed by atoms with van der Waals surface area (Å²) in [5, 5.41) is 8.49. The molecule has 1 saturated heterocycles. The van der Waals surface area contributed by atoms with E-state index in [4.69, 9.17) is 43.4 Å². The third kappa shape index (κ3) is 5.98. The number of nitrogens with two attached hydrogens (primary N) is 1. The summed E-state index contributed by atoms with van der Waals surface area (Å²) in [5.74, 6) is 0.881. The zero-order valence-electron chi connectivity index (χ0n) is 24.0. The highest BCUT2D eigenvalue weighted by Crippen LogP contribution is 2.37. The summed E-state index contributed by atoms with van der Waals surface area (Å²) in [6.45, 7) is 5.60. The summed E-state index contributed by atoms with van der Waals surface area (Å²) < 4.78 is 20.2. The molecule has 6 rings (SSSR count). The molecule has 1 amide bonds. The first-order valence-electron chi connectivity index (χ1n) is 14.0. The Bertz CT molecular complexity index is 1770. The van der Waals surface area contributed by atoms with Gasteiger partial charge in [0, 0.05) is 36.8 Å². The van der Waals surface area contributed by atoms with Crippen LogP contribution < -0.4 is 10.5 Å². The predicted molar refractivity (Wildman–Crippen MR) is 168 cm³/mol. The van der Waals surface area contributed by atoms with E-state index in [0.29, 0.717) is 38.6 Å². The summed E-state index contributed by atoms with van der Waals surface area (Å²) in [4.78, 5) is 19.6. The highest BCUT2D eigenvalue weighted by atomic mass is 35.5. The molecule has 2 aromatic heterocycles. The van der Waals surface area contributed by atoms with Gasteiger partial charge in [0.15, 0.2) is 0 Å². The van der Waals surface area contributed by atoms with Crippen molar-refractivity contribution in [2.75, 3.05) is 20.1 Å². The number of thiocarbonyl (C=S) groups is 1. The Morgan fingerprint density at radius 1 is 1.21 bits per heavy atom. The first-order valence-corrected chi connectivity index (χ1v) is 14.8. The maximum Gasteiger partial charge on any atom is 0.250 e. The number of likely N-dealkylation sites (tertiary alicyclic amines) is 1. The van der Waals surface area contributed by atoms with Gasteiger partial charge >= 0.3 is 0 Å². The van der Waals surface area contributed by atoms with E-state index in [1.807, 2.05) is 54.0 Å². The van der Waals surface area contributed by atoms with Crippen LogP contribution in [0.15, 0.2) is 64.9 Å². The maximum absolute atomic E-state index is 12.5. The van der Waals surface area contributed by atoms with Gasteiger partial charge in [-0.1, -0.05) is 36.0 Å². The van der Waals surface area contributed by atoms with Crippen molar-refractivity contribution in [2.24, 2.45) is 5.73 Å². The summed E-state index contributed by atoms with van der Waals surface area (Å²) >= 11 is 12.5. The zero-order chi connectivity index (χ0) is 30.2. The van der Waals surface area contributed by atoms with E-state index in [2.05, 4.69) is 27.1 Å². The van der Waals surface area contributed by atoms with Crippen LogP contribution in [0.3, 0.4) is 0 Å². The smallest absolute Gasteiger partial charge is 0.250 e. The molecular weight excluding hydrogens is 588 g/mol. The van der Waals surface area contributed by atoms with Crippen LogP contribution in [-0.4, -0.2) is 67.8 Å². The molecule has 4 aromatic rings. The van der Waals surface area contributed by atoms with Crippen molar-refractivity contribution in [3.8, 4) is 17.2 Å². The van der Waals surface area contributed by atoms with Crippen LogP contribution in [0.2, 0.25) is 5.02 Å². The fourth-order valence-corrected chi connectivity index (χ4v) is 5.97. The van der Waals surface area contributed by atoms with E-state index in [1.54, 1.807) is 19.3 Å². The lowest BCUT2D eigenvalue weighted by Gasteiger charge is -2.30. The van der Waals surface area contributed by atoms with Crippen molar-refractivity contribution in [3.05, 3.63) is 76.9 Å². The molecule has 10 nitrogen and oxygen atoms in total. The van der Waals surface area contributed by atoms with Crippen LogP contribution in [0.25, 0.3) is 28.2 Å².